The summed E-state index contributed by atoms with van der Waals surface area (Å²) in [6.45, 7) is 1.75. The topological polar surface area (TPSA) is 62.0 Å². The molecule has 102 valence electrons. The molecule has 0 N–H and O–H groups in total. The Bertz CT molecular complexity index is 664. The maximum Gasteiger partial charge on any atom is 0.316 e. The summed E-state index contributed by atoms with van der Waals surface area (Å²) in [5.41, 5.74) is 1.41. The van der Waals surface area contributed by atoms with Crippen molar-refractivity contribution >= 4 is 10.9 Å². The van der Waals surface area contributed by atoms with E-state index in [0.717, 1.165) is 23.9 Å². The van der Waals surface area contributed by atoms with Crippen molar-refractivity contribution in [3.05, 3.63) is 30.0 Å². The van der Waals surface area contributed by atoms with E-state index in [2.05, 4.69) is 28.0 Å². The smallest absolute Gasteiger partial charge is 0.316 e. The molecule has 2 aromatic rings. The number of rotatable bonds is 3. The van der Waals surface area contributed by atoms with E-state index in [1.165, 1.54) is 6.42 Å². The average Bonchev–Trinajstić information content (AvgIpc) is 2.89. The Morgan fingerprint density at radius 1 is 1.50 bits per heavy atom. The molecule has 0 amide bonds. The first kappa shape index (κ1) is 12.8. The number of likely N-dealkylation sites (tertiary alicyclic amines) is 1. The second-order valence-electron chi connectivity index (χ2n) is 5.13. The first-order valence-corrected chi connectivity index (χ1v) is 6.76. The zero-order valence-corrected chi connectivity index (χ0v) is 11.4. The molecule has 0 spiro atoms. The van der Waals surface area contributed by atoms with Gasteiger partial charge in [0.2, 0.25) is 0 Å². The summed E-state index contributed by atoms with van der Waals surface area (Å²) >= 11 is 0. The first-order chi connectivity index (χ1) is 9.76. The predicted octanol–water partition coefficient (Wildman–Crippen LogP) is 1.97. The third-order valence-corrected chi connectivity index (χ3v) is 3.76. The average molecular weight is 268 g/mol. The highest BCUT2D eigenvalue weighted by Crippen LogP contribution is 2.18. The van der Waals surface area contributed by atoms with E-state index >= 15 is 0 Å². The number of nitriles is 1. The molecular formula is C15H16N4O. The van der Waals surface area contributed by atoms with Crippen molar-refractivity contribution in [3.8, 4) is 12.1 Å². The minimum absolute atomic E-state index is 0.405. The molecule has 1 fully saturated rings. The summed E-state index contributed by atoms with van der Waals surface area (Å²) in [5.74, 6) is 0. The summed E-state index contributed by atoms with van der Waals surface area (Å²) in [4.78, 5) is 10.9. The van der Waals surface area contributed by atoms with E-state index < -0.39 is 0 Å². The summed E-state index contributed by atoms with van der Waals surface area (Å²) in [6.07, 6.45) is 4.09. The van der Waals surface area contributed by atoms with E-state index in [0.29, 0.717) is 24.2 Å². The van der Waals surface area contributed by atoms with E-state index in [4.69, 9.17) is 10.00 Å². The van der Waals surface area contributed by atoms with Crippen LogP contribution in [0, 0.1) is 11.3 Å². The van der Waals surface area contributed by atoms with Crippen LogP contribution in [0.5, 0.6) is 6.01 Å². The fraction of sp³-hybridized carbons (Fsp3) is 0.400. The number of likely N-dealkylation sites (N-methyl/N-ethyl adjacent to an activating group) is 1. The fourth-order valence-corrected chi connectivity index (χ4v) is 2.52. The van der Waals surface area contributed by atoms with Crippen molar-refractivity contribution in [2.24, 2.45) is 0 Å². The molecule has 5 nitrogen and oxygen atoms in total. The summed E-state index contributed by atoms with van der Waals surface area (Å²) < 4.78 is 5.70. The molecule has 1 saturated heterocycles. The molecule has 0 aliphatic carbocycles. The van der Waals surface area contributed by atoms with Gasteiger partial charge in [-0.3, -0.25) is 0 Å². The molecule has 3 rings (SSSR count). The summed E-state index contributed by atoms with van der Waals surface area (Å²) in [7, 11) is 2.12. The van der Waals surface area contributed by atoms with Gasteiger partial charge in [0.1, 0.15) is 6.61 Å². The number of aromatic nitrogens is 2. The van der Waals surface area contributed by atoms with Gasteiger partial charge in [0.25, 0.3) is 0 Å². The lowest BCUT2D eigenvalue weighted by molar-refractivity contribution is 0.188. The number of hydrogen-bond donors (Lipinski definition) is 0. The van der Waals surface area contributed by atoms with Crippen LogP contribution in [0.4, 0.5) is 0 Å². The maximum atomic E-state index is 8.86. The minimum Gasteiger partial charge on any atom is -0.462 e. The third kappa shape index (κ3) is 2.56. The molecule has 1 aromatic heterocycles. The number of fused-ring (bicyclic) bond motifs is 1. The molecular weight excluding hydrogens is 252 g/mol. The standard InChI is InChI=1S/C15H16N4O/c1-19-6-2-3-13(19)10-20-15-17-9-12-7-11(8-16)4-5-14(12)18-15/h4-5,7,9,13H,2-3,6,10H2,1H3/t13-/m0/s1. The zero-order chi connectivity index (χ0) is 13.9. The second-order valence-corrected chi connectivity index (χ2v) is 5.13. The fourth-order valence-electron chi connectivity index (χ4n) is 2.52. The van der Waals surface area contributed by atoms with Gasteiger partial charge in [0.05, 0.1) is 17.1 Å². The highest BCUT2D eigenvalue weighted by Gasteiger charge is 2.21. The Morgan fingerprint density at radius 3 is 3.15 bits per heavy atom. The van der Waals surface area contributed by atoms with Crippen LogP contribution in [0.2, 0.25) is 0 Å². The Balaban J connectivity index is 1.74. The van der Waals surface area contributed by atoms with Crippen LogP contribution < -0.4 is 4.74 Å². The SMILES string of the molecule is CN1CCC[C@H]1COc1ncc2cc(C#N)ccc2n1. The maximum absolute atomic E-state index is 8.86. The highest BCUT2D eigenvalue weighted by atomic mass is 16.5. The Hall–Kier alpha value is -2.19. The Kier molecular flexibility index (Phi) is 3.48. The Labute approximate surface area is 117 Å². The first-order valence-electron chi connectivity index (χ1n) is 6.76. The lowest BCUT2D eigenvalue weighted by Gasteiger charge is -2.18. The van der Waals surface area contributed by atoms with Gasteiger partial charge < -0.3 is 9.64 Å². The molecule has 0 saturated carbocycles. The normalized spacial score (nSPS) is 19.1. The predicted molar refractivity (Wildman–Crippen MR) is 75.4 cm³/mol. The van der Waals surface area contributed by atoms with Crippen molar-refractivity contribution in [2.75, 3.05) is 20.2 Å². The largest absolute Gasteiger partial charge is 0.462 e. The van der Waals surface area contributed by atoms with E-state index in [1.807, 2.05) is 6.07 Å². The van der Waals surface area contributed by atoms with E-state index in [-0.39, 0.29) is 0 Å². The van der Waals surface area contributed by atoms with Crippen molar-refractivity contribution in [3.63, 3.8) is 0 Å². The van der Waals surface area contributed by atoms with Crippen molar-refractivity contribution in [2.45, 2.75) is 18.9 Å². The van der Waals surface area contributed by atoms with Gasteiger partial charge in [0, 0.05) is 17.6 Å². The van der Waals surface area contributed by atoms with Crippen LogP contribution in [0.25, 0.3) is 10.9 Å². The zero-order valence-electron chi connectivity index (χ0n) is 11.4. The van der Waals surface area contributed by atoms with E-state index in [1.54, 1.807) is 18.3 Å². The lowest BCUT2D eigenvalue weighted by atomic mass is 10.2. The molecule has 1 aliphatic rings. The monoisotopic (exact) mass is 268 g/mol. The molecule has 1 aromatic carbocycles. The molecule has 0 bridgehead atoms. The summed E-state index contributed by atoms with van der Waals surface area (Å²) in [5, 5.41) is 9.72. The van der Waals surface area contributed by atoms with Gasteiger partial charge in [-0.25, -0.2) is 4.98 Å². The lowest BCUT2D eigenvalue weighted by Crippen LogP contribution is -2.30. The van der Waals surface area contributed by atoms with Crippen LogP contribution in [0.1, 0.15) is 18.4 Å². The van der Waals surface area contributed by atoms with Crippen molar-refractivity contribution in [1.82, 2.24) is 14.9 Å². The van der Waals surface area contributed by atoms with Crippen LogP contribution >= 0.6 is 0 Å². The van der Waals surface area contributed by atoms with Crippen molar-refractivity contribution in [1.29, 1.82) is 5.26 Å². The minimum atomic E-state index is 0.405. The molecule has 1 atom stereocenters. The second kappa shape index (κ2) is 5.43. The molecule has 2 heterocycles. The van der Waals surface area contributed by atoms with Crippen LogP contribution in [-0.4, -0.2) is 41.1 Å². The number of ether oxygens (including phenoxy) is 1. The van der Waals surface area contributed by atoms with Gasteiger partial charge in [-0.15, -0.1) is 0 Å². The van der Waals surface area contributed by atoms with Crippen LogP contribution in [-0.2, 0) is 0 Å². The summed E-state index contributed by atoms with van der Waals surface area (Å²) in [6, 6.07) is 8.33. The van der Waals surface area contributed by atoms with Crippen LogP contribution in [0.15, 0.2) is 24.4 Å². The van der Waals surface area contributed by atoms with Crippen LogP contribution in [0.3, 0.4) is 0 Å². The molecule has 5 heteroatoms. The van der Waals surface area contributed by atoms with Gasteiger partial charge in [-0.1, -0.05) is 0 Å². The van der Waals surface area contributed by atoms with E-state index in [9.17, 15) is 0 Å². The highest BCUT2D eigenvalue weighted by molar-refractivity contribution is 5.79. The van der Waals surface area contributed by atoms with Gasteiger partial charge in [0.15, 0.2) is 0 Å². The molecule has 0 unspecified atom stereocenters. The number of hydrogen-bond acceptors (Lipinski definition) is 5. The van der Waals surface area contributed by atoms with Crippen molar-refractivity contribution < 1.29 is 4.74 Å². The molecule has 1 aliphatic heterocycles. The van der Waals surface area contributed by atoms with Gasteiger partial charge in [-0.05, 0) is 44.6 Å². The number of nitrogens with zero attached hydrogens (tertiary/aromatic N) is 4. The molecule has 0 radical (unpaired) electrons. The number of benzene rings is 1. The van der Waals surface area contributed by atoms with Gasteiger partial charge >= 0.3 is 6.01 Å². The van der Waals surface area contributed by atoms with Gasteiger partial charge in [-0.2, -0.15) is 10.2 Å². The third-order valence-electron chi connectivity index (χ3n) is 3.76. The Morgan fingerprint density at radius 2 is 2.40 bits per heavy atom. The quantitative estimate of drug-likeness (QED) is 0.851. The molecule has 20 heavy (non-hydrogen) atoms.